The minimum Gasteiger partial charge on any atom is -0.478 e. The zero-order chi connectivity index (χ0) is 19.4. The first kappa shape index (κ1) is 19.3. The Morgan fingerprint density at radius 3 is 2.78 bits per heavy atom. The zero-order valence-corrected chi connectivity index (χ0v) is 16.4. The van der Waals surface area contributed by atoms with Crippen molar-refractivity contribution in [2.45, 2.75) is 32.7 Å². The number of aromatic nitrogens is 2. The summed E-state index contributed by atoms with van der Waals surface area (Å²) in [4.78, 5) is 29.1. The third-order valence-corrected chi connectivity index (χ3v) is 5.69. The number of benzene rings is 1. The number of imidazole rings is 1. The molecule has 7 heteroatoms. The van der Waals surface area contributed by atoms with Crippen molar-refractivity contribution >= 4 is 35.2 Å². The van der Waals surface area contributed by atoms with Crippen molar-refractivity contribution < 1.29 is 14.7 Å². The smallest absolute Gasteiger partial charge is 0.336 e. The molecule has 27 heavy (non-hydrogen) atoms. The van der Waals surface area contributed by atoms with E-state index < -0.39 is 5.97 Å². The molecule has 0 aliphatic heterocycles. The van der Waals surface area contributed by atoms with Gasteiger partial charge in [0.15, 0.2) is 11.4 Å². The molecule has 0 radical (unpaired) electrons. The molecule has 3 rings (SSSR count). The molecular weight excluding hydrogens is 384 g/mol. The molecule has 5 nitrogen and oxygen atoms in total. The topological polar surface area (TPSA) is 72.2 Å². The van der Waals surface area contributed by atoms with Gasteiger partial charge in [-0.2, -0.15) is 0 Å². The number of unbranched alkanes of at least 4 members (excludes halogenated alkanes) is 1. The molecule has 0 amide bonds. The lowest BCUT2D eigenvalue weighted by atomic mass is 10.1. The zero-order valence-electron chi connectivity index (χ0n) is 14.8. The third-order valence-electron chi connectivity index (χ3n) is 4.31. The van der Waals surface area contributed by atoms with Gasteiger partial charge in [0.2, 0.25) is 0 Å². The summed E-state index contributed by atoms with van der Waals surface area (Å²) in [6.45, 7) is 2.58. The summed E-state index contributed by atoms with van der Waals surface area (Å²) >= 11 is 7.63. The number of aryl methyl sites for hydroxylation is 1. The highest BCUT2D eigenvalue weighted by atomic mass is 35.5. The Kier molecular flexibility index (Phi) is 6.08. The fourth-order valence-electron chi connectivity index (χ4n) is 2.94. The molecule has 0 saturated heterocycles. The molecule has 0 aliphatic carbocycles. The molecule has 0 saturated carbocycles. The number of nitrogens with zero attached hydrogens (tertiary/aromatic N) is 2. The quantitative estimate of drug-likeness (QED) is 0.528. The summed E-state index contributed by atoms with van der Waals surface area (Å²) in [7, 11) is 0. The number of carbonyl (C=O) groups is 2. The average Bonchev–Trinajstić information content (AvgIpc) is 3.24. The highest BCUT2D eigenvalue weighted by Crippen LogP contribution is 2.32. The summed E-state index contributed by atoms with van der Waals surface area (Å²) in [6, 6.07) is 10.8. The highest BCUT2D eigenvalue weighted by Gasteiger charge is 2.17. The van der Waals surface area contributed by atoms with Crippen molar-refractivity contribution in [3.8, 4) is 10.4 Å². The maximum Gasteiger partial charge on any atom is 0.336 e. The molecule has 1 aromatic carbocycles. The summed E-state index contributed by atoms with van der Waals surface area (Å²) in [6.07, 6.45) is 3.48. The fraction of sp³-hybridized carbons (Fsp3) is 0.250. The number of rotatable bonds is 8. The largest absolute Gasteiger partial charge is 0.478 e. The molecule has 2 aromatic heterocycles. The number of carboxylic acids is 1. The lowest BCUT2D eigenvalue weighted by Gasteiger charge is -2.08. The minimum atomic E-state index is -0.952. The van der Waals surface area contributed by atoms with Crippen LogP contribution in [0.15, 0.2) is 36.4 Å². The second-order valence-electron chi connectivity index (χ2n) is 6.13. The van der Waals surface area contributed by atoms with Crippen LogP contribution in [0.5, 0.6) is 0 Å². The molecule has 0 fully saturated rings. The standard InChI is InChI=1S/C20H19ClN2O3S/c1-2-3-8-18-22-19(21)16(12-24)23(18)11-13-9-10-17(27-13)14-6-4-5-7-15(14)20(25)26/h4-7,9-10,12H,2-3,8,11H2,1H3,(H,25,26). The maximum absolute atomic E-state index is 11.5. The lowest BCUT2D eigenvalue weighted by molar-refractivity contribution is 0.0697. The van der Waals surface area contributed by atoms with Crippen molar-refractivity contribution in [2.24, 2.45) is 0 Å². The number of aldehydes is 1. The number of halogens is 1. The van der Waals surface area contributed by atoms with E-state index >= 15 is 0 Å². The van der Waals surface area contributed by atoms with Crippen molar-refractivity contribution in [3.05, 3.63) is 63.5 Å². The van der Waals surface area contributed by atoms with E-state index in [4.69, 9.17) is 11.6 Å². The Morgan fingerprint density at radius 1 is 1.30 bits per heavy atom. The maximum atomic E-state index is 11.5. The van der Waals surface area contributed by atoms with Crippen molar-refractivity contribution in [2.75, 3.05) is 0 Å². The molecule has 1 N–H and O–H groups in total. The second kappa shape index (κ2) is 8.50. The van der Waals surface area contributed by atoms with Crippen LogP contribution in [0.2, 0.25) is 5.15 Å². The number of carboxylic acid groups (broad SMARTS) is 1. The first-order chi connectivity index (χ1) is 13.0. The van der Waals surface area contributed by atoms with Crippen LogP contribution >= 0.6 is 22.9 Å². The SMILES string of the molecule is CCCCc1nc(Cl)c(C=O)n1Cc1ccc(-c2ccccc2C(=O)O)s1. The van der Waals surface area contributed by atoms with E-state index in [2.05, 4.69) is 11.9 Å². The van der Waals surface area contributed by atoms with E-state index in [9.17, 15) is 14.7 Å². The van der Waals surface area contributed by atoms with Gasteiger partial charge in [-0.25, -0.2) is 9.78 Å². The van der Waals surface area contributed by atoms with E-state index in [1.807, 2.05) is 22.8 Å². The first-order valence-corrected chi connectivity index (χ1v) is 9.86. The molecule has 0 spiro atoms. The van der Waals surface area contributed by atoms with Crippen LogP contribution < -0.4 is 0 Å². The van der Waals surface area contributed by atoms with Crippen LogP contribution in [0.3, 0.4) is 0 Å². The minimum absolute atomic E-state index is 0.226. The molecule has 0 bridgehead atoms. The molecule has 0 atom stereocenters. The van der Waals surface area contributed by atoms with E-state index in [-0.39, 0.29) is 10.7 Å². The van der Waals surface area contributed by atoms with Gasteiger partial charge in [-0.05, 0) is 24.6 Å². The Balaban J connectivity index is 1.93. The van der Waals surface area contributed by atoms with Gasteiger partial charge in [0.25, 0.3) is 0 Å². The summed E-state index contributed by atoms with van der Waals surface area (Å²) in [5, 5.41) is 9.62. The summed E-state index contributed by atoms with van der Waals surface area (Å²) < 4.78 is 1.85. The Bertz CT molecular complexity index is 978. The Labute approximate surface area is 166 Å². The van der Waals surface area contributed by atoms with Crippen LogP contribution in [0.4, 0.5) is 0 Å². The predicted octanol–water partition coefficient (Wildman–Crippen LogP) is 5.17. The Hall–Kier alpha value is -2.44. The van der Waals surface area contributed by atoms with Crippen LogP contribution in [0, 0.1) is 0 Å². The van der Waals surface area contributed by atoms with Crippen molar-refractivity contribution in [1.29, 1.82) is 0 Å². The number of carbonyl (C=O) groups excluding carboxylic acids is 1. The predicted molar refractivity (Wildman–Crippen MR) is 107 cm³/mol. The number of hydrogen-bond donors (Lipinski definition) is 1. The van der Waals surface area contributed by atoms with Gasteiger partial charge in [0.05, 0.1) is 12.1 Å². The first-order valence-electron chi connectivity index (χ1n) is 8.66. The summed E-state index contributed by atoms with van der Waals surface area (Å²) in [5.74, 6) is -0.156. The van der Waals surface area contributed by atoms with Crippen LogP contribution in [0.1, 0.15) is 51.3 Å². The fourth-order valence-corrected chi connectivity index (χ4v) is 4.22. The van der Waals surface area contributed by atoms with Gasteiger partial charge in [-0.15, -0.1) is 11.3 Å². The summed E-state index contributed by atoms with van der Waals surface area (Å²) in [5.41, 5.74) is 1.34. The second-order valence-corrected chi connectivity index (χ2v) is 7.65. The van der Waals surface area contributed by atoms with Crippen molar-refractivity contribution in [1.82, 2.24) is 9.55 Å². The average molecular weight is 403 g/mol. The van der Waals surface area contributed by atoms with Crippen LogP contribution in [0.25, 0.3) is 10.4 Å². The Morgan fingerprint density at radius 2 is 2.07 bits per heavy atom. The van der Waals surface area contributed by atoms with Crippen LogP contribution in [-0.2, 0) is 13.0 Å². The van der Waals surface area contributed by atoms with Gasteiger partial charge >= 0.3 is 5.97 Å². The van der Waals surface area contributed by atoms with Gasteiger partial charge in [0, 0.05) is 21.7 Å². The van der Waals surface area contributed by atoms with Gasteiger partial charge in [-0.3, -0.25) is 4.79 Å². The molecular formula is C20H19ClN2O3S. The van der Waals surface area contributed by atoms with E-state index in [0.717, 1.165) is 41.1 Å². The molecule has 140 valence electrons. The van der Waals surface area contributed by atoms with Crippen LogP contribution in [-0.4, -0.2) is 26.9 Å². The molecule has 0 aliphatic rings. The van der Waals surface area contributed by atoms with Gasteiger partial charge in [-0.1, -0.05) is 43.1 Å². The number of aromatic carboxylic acids is 1. The molecule has 0 unspecified atom stereocenters. The number of hydrogen-bond acceptors (Lipinski definition) is 4. The molecule has 3 aromatic rings. The lowest BCUT2D eigenvalue weighted by Crippen LogP contribution is -2.07. The normalized spacial score (nSPS) is 10.9. The monoisotopic (exact) mass is 402 g/mol. The molecule has 2 heterocycles. The van der Waals surface area contributed by atoms with Gasteiger partial charge in [0.1, 0.15) is 11.5 Å². The highest BCUT2D eigenvalue weighted by molar-refractivity contribution is 7.15. The van der Waals surface area contributed by atoms with Gasteiger partial charge < -0.3 is 9.67 Å². The number of thiophene rings is 1. The van der Waals surface area contributed by atoms with Crippen molar-refractivity contribution in [3.63, 3.8) is 0 Å². The van der Waals surface area contributed by atoms with E-state index in [0.29, 0.717) is 17.8 Å². The third kappa shape index (κ3) is 4.12. The van der Waals surface area contributed by atoms with E-state index in [1.54, 1.807) is 18.2 Å². The van der Waals surface area contributed by atoms with E-state index in [1.165, 1.54) is 11.3 Å².